The van der Waals surface area contributed by atoms with Crippen LogP contribution in [0.4, 0.5) is 0 Å². The van der Waals surface area contributed by atoms with Crippen LogP contribution < -0.4 is 5.32 Å². The summed E-state index contributed by atoms with van der Waals surface area (Å²) >= 11 is 1.79. The Labute approximate surface area is 119 Å². The highest BCUT2D eigenvalue weighted by Crippen LogP contribution is 2.43. The third-order valence-corrected chi connectivity index (χ3v) is 5.04. The minimum absolute atomic E-state index is 0.0106. The molecule has 0 aromatic carbocycles. The van der Waals surface area contributed by atoms with Crippen molar-refractivity contribution in [1.29, 1.82) is 0 Å². The van der Waals surface area contributed by atoms with Crippen molar-refractivity contribution in [2.24, 2.45) is 5.41 Å². The maximum atomic E-state index is 11.9. The lowest BCUT2D eigenvalue weighted by Crippen LogP contribution is -2.33. The van der Waals surface area contributed by atoms with Crippen LogP contribution in [-0.2, 0) is 9.59 Å². The van der Waals surface area contributed by atoms with Gasteiger partial charge in [0.15, 0.2) is 0 Å². The molecule has 0 radical (unpaired) electrons. The van der Waals surface area contributed by atoms with Gasteiger partial charge in [-0.05, 0) is 30.9 Å². The SMILES string of the molecule is CSC(C)CCNC(=O)CC1(CC(=O)O)CCCC1. The Hall–Kier alpha value is -0.710. The van der Waals surface area contributed by atoms with Gasteiger partial charge < -0.3 is 10.4 Å². The second-order valence-corrected chi connectivity index (χ2v) is 6.92. The van der Waals surface area contributed by atoms with E-state index >= 15 is 0 Å². The molecule has 1 amide bonds. The van der Waals surface area contributed by atoms with Crippen molar-refractivity contribution < 1.29 is 14.7 Å². The topological polar surface area (TPSA) is 66.4 Å². The summed E-state index contributed by atoms with van der Waals surface area (Å²) in [6.07, 6.45) is 7.34. The van der Waals surface area contributed by atoms with Gasteiger partial charge in [0.05, 0.1) is 6.42 Å². The monoisotopic (exact) mass is 287 g/mol. The van der Waals surface area contributed by atoms with E-state index in [1.165, 1.54) is 0 Å². The van der Waals surface area contributed by atoms with Crippen molar-refractivity contribution in [3.8, 4) is 0 Å². The predicted molar refractivity (Wildman–Crippen MR) is 78.4 cm³/mol. The lowest BCUT2D eigenvalue weighted by Gasteiger charge is -2.26. The minimum atomic E-state index is -0.786. The number of nitrogens with one attached hydrogen (secondary N) is 1. The van der Waals surface area contributed by atoms with Crippen molar-refractivity contribution in [2.75, 3.05) is 12.8 Å². The molecular formula is C14H25NO3S. The molecule has 19 heavy (non-hydrogen) atoms. The Morgan fingerprint density at radius 2 is 1.95 bits per heavy atom. The molecule has 0 saturated heterocycles. The van der Waals surface area contributed by atoms with E-state index in [2.05, 4.69) is 18.5 Å². The Morgan fingerprint density at radius 3 is 2.47 bits per heavy atom. The smallest absolute Gasteiger partial charge is 0.303 e. The van der Waals surface area contributed by atoms with Gasteiger partial charge in [0, 0.05) is 18.2 Å². The first-order valence-electron chi connectivity index (χ1n) is 6.99. The molecule has 0 heterocycles. The van der Waals surface area contributed by atoms with Crippen LogP contribution in [-0.4, -0.2) is 35.0 Å². The summed E-state index contributed by atoms with van der Waals surface area (Å²) in [5, 5.41) is 12.5. The molecule has 4 nitrogen and oxygen atoms in total. The summed E-state index contributed by atoms with van der Waals surface area (Å²) < 4.78 is 0. The zero-order valence-electron chi connectivity index (χ0n) is 11.9. The molecule has 5 heteroatoms. The minimum Gasteiger partial charge on any atom is -0.481 e. The standard InChI is InChI=1S/C14H25NO3S/c1-11(19-2)5-8-15-12(16)9-14(10-13(17)18)6-3-4-7-14/h11H,3-10H2,1-2H3,(H,15,16)(H,17,18). The number of hydrogen-bond acceptors (Lipinski definition) is 3. The molecule has 110 valence electrons. The maximum Gasteiger partial charge on any atom is 0.303 e. The van der Waals surface area contributed by atoms with Crippen molar-refractivity contribution in [1.82, 2.24) is 5.32 Å². The lowest BCUT2D eigenvalue weighted by molar-refractivity contribution is -0.140. The van der Waals surface area contributed by atoms with Crippen LogP contribution in [0.5, 0.6) is 0 Å². The van der Waals surface area contributed by atoms with E-state index in [4.69, 9.17) is 5.11 Å². The number of aliphatic carboxylic acids is 1. The fourth-order valence-corrected chi connectivity index (χ4v) is 3.15. The largest absolute Gasteiger partial charge is 0.481 e. The molecule has 1 rings (SSSR count). The quantitative estimate of drug-likeness (QED) is 0.720. The van der Waals surface area contributed by atoms with Gasteiger partial charge in [-0.3, -0.25) is 9.59 Å². The van der Waals surface area contributed by atoms with Gasteiger partial charge in [0.2, 0.25) is 5.91 Å². The third kappa shape index (κ3) is 5.85. The van der Waals surface area contributed by atoms with Crippen LogP contribution in [0.3, 0.4) is 0 Å². The van der Waals surface area contributed by atoms with Crippen molar-refractivity contribution in [3.63, 3.8) is 0 Å². The average molecular weight is 287 g/mol. The molecular weight excluding hydrogens is 262 g/mol. The summed E-state index contributed by atoms with van der Waals surface area (Å²) in [4.78, 5) is 22.9. The number of rotatable bonds is 8. The number of hydrogen-bond donors (Lipinski definition) is 2. The van der Waals surface area contributed by atoms with Gasteiger partial charge in [0.1, 0.15) is 0 Å². The molecule has 1 aliphatic rings. The average Bonchev–Trinajstić information content (AvgIpc) is 2.75. The second kappa shape index (κ2) is 7.78. The van der Waals surface area contributed by atoms with Crippen molar-refractivity contribution in [3.05, 3.63) is 0 Å². The lowest BCUT2D eigenvalue weighted by atomic mass is 9.79. The summed E-state index contributed by atoms with van der Waals surface area (Å²) in [7, 11) is 0. The van der Waals surface area contributed by atoms with Crippen molar-refractivity contribution >= 4 is 23.6 Å². The van der Waals surface area contributed by atoms with Crippen LogP contribution in [0.25, 0.3) is 0 Å². The molecule has 1 saturated carbocycles. The van der Waals surface area contributed by atoms with Crippen LogP contribution >= 0.6 is 11.8 Å². The molecule has 0 bridgehead atoms. The van der Waals surface area contributed by atoms with E-state index in [1.807, 2.05) is 0 Å². The van der Waals surface area contributed by atoms with Gasteiger partial charge in [-0.25, -0.2) is 0 Å². The first kappa shape index (κ1) is 16.3. The first-order valence-corrected chi connectivity index (χ1v) is 8.27. The van der Waals surface area contributed by atoms with Crippen LogP contribution in [0.15, 0.2) is 0 Å². The summed E-state index contributed by atoms with van der Waals surface area (Å²) in [5.41, 5.74) is -0.291. The number of carboxylic acids is 1. The van der Waals surface area contributed by atoms with E-state index < -0.39 is 5.97 Å². The molecule has 0 aliphatic heterocycles. The van der Waals surface area contributed by atoms with Gasteiger partial charge in [-0.1, -0.05) is 19.8 Å². The van der Waals surface area contributed by atoms with E-state index in [0.29, 0.717) is 18.2 Å². The molecule has 0 aromatic rings. The molecule has 0 spiro atoms. The molecule has 1 unspecified atom stereocenters. The zero-order valence-corrected chi connectivity index (χ0v) is 12.7. The molecule has 2 N–H and O–H groups in total. The molecule has 1 fully saturated rings. The fourth-order valence-electron chi connectivity index (χ4n) is 2.80. The van der Waals surface area contributed by atoms with E-state index in [-0.39, 0.29) is 17.7 Å². The van der Waals surface area contributed by atoms with E-state index in [1.54, 1.807) is 11.8 Å². The highest BCUT2D eigenvalue weighted by molar-refractivity contribution is 7.99. The molecule has 1 aliphatic carbocycles. The van der Waals surface area contributed by atoms with Crippen molar-refractivity contribution in [2.45, 2.75) is 57.1 Å². The van der Waals surface area contributed by atoms with Gasteiger partial charge in [0.25, 0.3) is 0 Å². The Kier molecular flexibility index (Phi) is 6.69. The van der Waals surface area contributed by atoms with E-state index in [9.17, 15) is 9.59 Å². The van der Waals surface area contributed by atoms with Crippen LogP contribution in [0.2, 0.25) is 0 Å². The highest BCUT2D eigenvalue weighted by atomic mass is 32.2. The summed E-state index contributed by atoms with van der Waals surface area (Å²) in [5.74, 6) is -0.776. The number of amides is 1. The third-order valence-electron chi connectivity index (χ3n) is 4.00. The molecule has 0 aromatic heterocycles. The Bertz CT molecular complexity index is 314. The number of carbonyl (C=O) groups is 2. The molecule has 1 atom stereocenters. The number of carbonyl (C=O) groups excluding carboxylic acids is 1. The summed E-state index contributed by atoms with van der Waals surface area (Å²) in [6.45, 7) is 2.82. The predicted octanol–water partition coefficient (Wildman–Crippen LogP) is 2.67. The van der Waals surface area contributed by atoms with Gasteiger partial charge in [-0.2, -0.15) is 11.8 Å². The normalized spacial score (nSPS) is 19.1. The number of carboxylic acid groups (broad SMARTS) is 1. The van der Waals surface area contributed by atoms with Gasteiger partial charge in [-0.15, -0.1) is 0 Å². The summed E-state index contributed by atoms with van der Waals surface area (Å²) in [6, 6.07) is 0. The maximum absolute atomic E-state index is 11.9. The van der Waals surface area contributed by atoms with Crippen LogP contribution in [0.1, 0.15) is 51.9 Å². The van der Waals surface area contributed by atoms with Gasteiger partial charge >= 0.3 is 5.97 Å². The fraction of sp³-hybridized carbons (Fsp3) is 0.857. The highest BCUT2D eigenvalue weighted by Gasteiger charge is 2.37. The number of thioether (sulfide) groups is 1. The Balaban J connectivity index is 2.37. The zero-order chi connectivity index (χ0) is 14.3. The second-order valence-electron chi connectivity index (χ2n) is 5.64. The van der Waals surface area contributed by atoms with E-state index in [0.717, 1.165) is 32.1 Å². The van der Waals surface area contributed by atoms with Crippen LogP contribution in [0, 0.1) is 5.41 Å². The Morgan fingerprint density at radius 1 is 1.32 bits per heavy atom. The first-order chi connectivity index (χ1) is 8.97.